The van der Waals surface area contributed by atoms with Crippen molar-refractivity contribution in [1.82, 2.24) is 20.9 Å². The maximum atomic E-state index is 13.8. The molecule has 4 rings (SSSR count). The number of fused-ring (bicyclic) bond motifs is 2. The van der Waals surface area contributed by atoms with Gasteiger partial charge in [-0.2, -0.15) is 0 Å². The number of hydrogen-bond acceptors (Lipinski definition) is 7. The Morgan fingerprint density at radius 1 is 0.804 bits per heavy atom. The summed E-state index contributed by atoms with van der Waals surface area (Å²) >= 11 is 0. The first-order valence-corrected chi connectivity index (χ1v) is 15.7. The lowest BCUT2D eigenvalue weighted by Gasteiger charge is -2.30. The number of hydrogen-bond donors (Lipinski definition) is 3. The predicted molar refractivity (Wildman–Crippen MR) is 176 cm³/mol. The third kappa shape index (κ3) is 8.57. The van der Waals surface area contributed by atoms with Crippen molar-refractivity contribution in [2.45, 2.75) is 77.6 Å². The lowest BCUT2D eigenvalue weighted by Crippen LogP contribution is -2.57. The molecule has 10 nitrogen and oxygen atoms in total. The Kier molecular flexibility index (Phi) is 11.0. The topological polar surface area (TPSA) is 134 Å². The van der Waals surface area contributed by atoms with E-state index in [0.29, 0.717) is 17.5 Å². The molecule has 3 aromatic rings. The molecule has 3 N–H and O–H groups in total. The van der Waals surface area contributed by atoms with Crippen molar-refractivity contribution in [1.29, 1.82) is 0 Å². The highest BCUT2D eigenvalue weighted by Crippen LogP contribution is 2.23. The summed E-state index contributed by atoms with van der Waals surface area (Å²) in [5.41, 5.74) is 0.705. The van der Waals surface area contributed by atoms with E-state index in [-0.39, 0.29) is 31.2 Å². The number of nitrogens with one attached hydrogen (secondary N) is 3. The quantitative estimate of drug-likeness (QED) is 0.192. The van der Waals surface area contributed by atoms with Crippen LogP contribution in [0.3, 0.4) is 0 Å². The van der Waals surface area contributed by atoms with Gasteiger partial charge in [0.15, 0.2) is 0 Å². The van der Waals surface area contributed by atoms with Gasteiger partial charge in [0.1, 0.15) is 17.7 Å². The molecule has 3 aromatic carbocycles. The number of amides is 4. The number of likely N-dealkylation sites (N-methyl/N-ethyl adjacent to an activating group) is 1. The second-order valence-electron chi connectivity index (χ2n) is 13.1. The van der Waals surface area contributed by atoms with Crippen molar-refractivity contribution in [3.8, 4) is 0 Å². The van der Waals surface area contributed by atoms with Gasteiger partial charge in [-0.1, -0.05) is 68.4 Å². The number of rotatable bonds is 13. The minimum Gasteiger partial charge on any atom is -0.459 e. The first-order valence-electron chi connectivity index (χ1n) is 15.7. The van der Waals surface area contributed by atoms with Crippen LogP contribution in [-0.2, 0) is 25.5 Å². The molecular weight excluding hydrogens is 584 g/mol. The molecular formula is C36H44N4O6. The van der Waals surface area contributed by atoms with Crippen LogP contribution in [0.15, 0.2) is 66.7 Å². The summed E-state index contributed by atoms with van der Waals surface area (Å²) in [5, 5.41) is 10.8. The Morgan fingerprint density at radius 3 is 2.00 bits per heavy atom. The minimum absolute atomic E-state index is 0.0260. The highest BCUT2D eigenvalue weighted by molar-refractivity contribution is 6.21. The van der Waals surface area contributed by atoms with Gasteiger partial charge in [-0.25, -0.2) is 0 Å². The standard InChI is InChI=1S/C36H44N4O6/c1-22(2)19-29(32(42)39-30(31(41)37-6)21-23-15-16-24-11-7-8-12-25(24)20-23)38-28(35(45)46-36(3,4)5)17-18-40-33(43)26-13-9-10-14-27(26)34(40)44/h7-16,20,22,28-30,38H,17-19,21H2,1-6H3,(H,37,41)(H,39,42)/t28?,29-,30-/m0/s1. The van der Waals surface area contributed by atoms with E-state index in [9.17, 15) is 24.0 Å². The van der Waals surface area contributed by atoms with Crippen LogP contribution in [0.1, 0.15) is 73.7 Å². The Balaban J connectivity index is 1.54. The first-order chi connectivity index (χ1) is 21.8. The highest BCUT2D eigenvalue weighted by Gasteiger charge is 2.37. The lowest BCUT2D eigenvalue weighted by molar-refractivity contribution is -0.158. The molecule has 0 bridgehead atoms. The number of benzene rings is 3. The number of carbonyl (C=O) groups is 5. The summed E-state index contributed by atoms with van der Waals surface area (Å²) in [6.07, 6.45) is 0.646. The van der Waals surface area contributed by atoms with Crippen molar-refractivity contribution in [2.75, 3.05) is 13.6 Å². The molecule has 0 saturated heterocycles. The maximum Gasteiger partial charge on any atom is 0.323 e. The van der Waals surface area contributed by atoms with E-state index in [2.05, 4.69) is 16.0 Å². The Morgan fingerprint density at radius 2 is 1.41 bits per heavy atom. The second-order valence-corrected chi connectivity index (χ2v) is 13.1. The SMILES string of the molecule is CNC(=O)[C@H](Cc1ccc2ccccc2c1)NC(=O)[C@H](CC(C)C)NC(CCN1C(=O)c2ccccc2C1=O)C(=O)OC(C)(C)C. The van der Waals surface area contributed by atoms with Crippen molar-refractivity contribution in [3.63, 3.8) is 0 Å². The van der Waals surface area contributed by atoms with Crippen molar-refractivity contribution in [2.24, 2.45) is 5.92 Å². The third-order valence-corrected chi connectivity index (χ3v) is 7.77. The number of esters is 1. The van der Waals surface area contributed by atoms with E-state index in [1.807, 2.05) is 56.3 Å². The monoisotopic (exact) mass is 628 g/mol. The van der Waals surface area contributed by atoms with E-state index in [1.165, 1.54) is 7.05 Å². The minimum atomic E-state index is -1.02. The zero-order valence-electron chi connectivity index (χ0n) is 27.4. The molecule has 0 fully saturated rings. The van der Waals surface area contributed by atoms with Crippen LogP contribution in [0.25, 0.3) is 10.8 Å². The summed E-state index contributed by atoms with van der Waals surface area (Å²) in [4.78, 5) is 67.4. The average molecular weight is 629 g/mol. The van der Waals surface area contributed by atoms with Gasteiger partial charge in [0.25, 0.3) is 11.8 Å². The molecule has 46 heavy (non-hydrogen) atoms. The molecule has 3 atom stereocenters. The zero-order valence-corrected chi connectivity index (χ0v) is 27.4. The van der Waals surface area contributed by atoms with Crippen molar-refractivity contribution >= 4 is 40.4 Å². The summed E-state index contributed by atoms with van der Waals surface area (Å²) in [6, 6.07) is 17.7. The van der Waals surface area contributed by atoms with Gasteiger partial charge in [-0.3, -0.25) is 34.2 Å². The molecule has 244 valence electrons. The molecule has 0 spiro atoms. The van der Waals surface area contributed by atoms with E-state index in [0.717, 1.165) is 21.2 Å². The van der Waals surface area contributed by atoms with E-state index < -0.39 is 47.4 Å². The van der Waals surface area contributed by atoms with Gasteiger partial charge >= 0.3 is 5.97 Å². The molecule has 0 aromatic heterocycles. The number of ether oxygens (including phenoxy) is 1. The van der Waals surface area contributed by atoms with Crippen molar-refractivity contribution < 1.29 is 28.7 Å². The number of imide groups is 1. The van der Waals surface area contributed by atoms with E-state index >= 15 is 0 Å². The predicted octanol–water partition coefficient (Wildman–Crippen LogP) is 4.01. The smallest absolute Gasteiger partial charge is 0.323 e. The van der Waals surface area contributed by atoms with Gasteiger partial charge in [0, 0.05) is 20.0 Å². The van der Waals surface area contributed by atoms with E-state index in [4.69, 9.17) is 4.74 Å². The van der Waals surface area contributed by atoms with Crippen LogP contribution in [0.2, 0.25) is 0 Å². The van der Waals surface area contributed by atoms with Gasteiger partial charge < -0.3 is 15.4 Å². The van der Waals surface area contributed by atoms with Gasteiger partial charge in [-0.15, -0.1) is 0 Å². The second kappa shape index (κ2) is 14.7. The van der Waals surface area contributed by atoms with Crippen LogP contribution in [0.4, 0.5) is 0 Å². The molecule has 0 radical (unpaired) electrons. The first kappa shape index (κ1) is 34.3. The largest absolute Gasteiger partial charge is 0.459 e. The van der Waals surface area contributed by atoms with Gasteiger partial charge in [0.05, 0.1) is 17.2 Å². The molecule has 10 heteroatoms. The normalized spacial score (nSPS) is 15.0. The van der Waals surface area contributed by atoms with Gasteiger partial charge in [0.2, 0.25) is 11.8 Å². The molecule has 1 aliphatic heterocycles. The molecule has 1 heterocycles. The maximum absolute atomic E-state index is 13.8. The van der Waals surface area contributed by atoms with E-state index in [1.54, 1.807) is 45.0 Å². The van der Waals surface area contributed by atoms with Crippen LogP contribution >= 0.6 is 0 Å². The Hall–Kier alpha value is -4.57. The fourth-order valence-electron chi connectivity index (χ4n) is 5.56. The fourth-order valence-corrected chi connectivity index (χ4v) is 5.56. The molecule has 4 amide bonds. The number of carbonyl (C=O) groups excluding carboxylic acids is 5. The molecule has 0 saturated carbocycles. The number of nitrogens with zero attached hydrogens (tertiary/aromatic N) is 1. The third-order valence-electron chi connectivity index (χ3n) is 7.77. The molecule has 1 aliphatic rings. The molecule has 1 unspecified atom stereocenters. The fraction of sp³-hybridized carbons (Fsp3) is 0.417. The Labute approximate surface area is 270 Å². The van der Waals surface area contributed by atoms with Crippen LogP contribution in [-0.4, -0.2) is 71.8 Å². The van der Waals surface area contributed by atoms with Crippen LogP contribution in [0.5, 0.6) is 0 Å². The Bertz CT molecular complexity index is 1580. The average Bonchev–Trinajstić information content (AvgIpc) is 3.25. The summed E-state index contributed by atoms with van der Waals surface area (Å²) in [7, 11) is 1.52. The summed E-state index contributed by atoms with van der Waals surface area (Å²) in [5.74, 6) is -2.21. The highest BCUT2D eigenvalue weighted by atomic mass is 16.6. The summed E-state index contributed by atoms with van der Waals surface area (Å²) in [6.45, 7) is 9.08. The summed E-state index contributed by atoms with van der Waals surface area (Å²) < 4.78 is 5.68. The lowest BCUT2D eigenvalue weighted by atomic mass is 9.98. The van der Waals surface area contributed by atoms with Crippen molar-refractivity contribution in [3.05, 3.63) is 83.4 Å². The van der Waals surface area contributed by atoms with Crippen LogP contribution in [0, 0.1) is 5.92 Å². The molecule has 0 aliphatic carbocycles. The van der Waals surface area contributed by atoms with Crippen LogP contribution < -0.4 is 16.0 Å². The van der Waals surface area contributed by atoms with Gasteiger partial charge in [-0.05, 0) is 68.0 Å². The zero-order chi connectivity index (χ0) is 33.6.